The molecule has 7 rings (SSSR count). The van der Waals surface area contributed by atoms with E-state index in [1.165, 1.54) is 12.0 Å². The summed E-state index contributed by atoms with van der Waals surface area (Å²) < 4.78 is 24.3. The summed E-state index contributed by atoms with van der Waals surface area (Å²) in [5, 5.41) is 40.2. The standard InChI is InChI=1S/C39H62O9/c1-22-26-8-11-38(5)27-9-13-39(35(44)48-33-18-29(42)30(43)21-45-33)15-14-36(2,3)19-28(39)25(27)6-7-32(38)37(26,4)12-10-31(22)47-34-17-23(41)16-24(20-40)46-34/h6,22-24,26-34,40-43H,7-21H2,1-5H3/t22?,23?,24?,26?,27?,28?,29?,30?,31?,32?,33?,34?,37-,38?,39+/m0/s1. The first-order chi connectivity index (χ1) is 22.7. The van der Waals surface area contributed by atoms with Crippen LogP contribution in [0.2, 0.25) is 0 Å². The number of hydrogen-bond acceptors (Lipinski definition) is 9. The molecule has 0 aromatic heterocycles. The molecule has 48 heavy (non-hydrogen) atoms. The van der Waals surface area contributed by atoms with Crippen LogP contribution in [0.1, 0.15) is 118 Å². The van der Waals surface area contributed by atoms with Crippen molar-refractivity contribution in [2.24, 2.45) is 51.2 Å². The third-order valence-corrected chi connectivity index (χ3v) is 15.2. The number of carbonyl (C=O) groups is 1. The molecule has 2 aliphatic heterocycles. The lowest BCUT2D eigenvalue weighted by Crippen LogP contribution is -2.61. The van der Waals surface area contributed by atoms with Crippen LogP contribution in [0.4, 0.5) is 0 Å². The third-order valence-electron chi connectivity index (χ3n) is 15.2. The minimum absolute atomic E-state index is 0.0253. The van der Waals surface area contributed by atoms with Gasteiger partial charge in [-0.2, -0.15) is 0 Å². The molecule has 4 N–H and O–H groups in total. The van der Waals surface area contributed by atoms with E-state index in [4.69, 9.17) is 18.9 Å². The van der Waals surface area contributed by atoms with Gasteiger partial charge < -0.3 is 39.4 Å². The molecule has 0 amide bonds. The number of hydrogen-bond donors (Lipinski definition) is 4. The molecule has 5 aliphatic carbocycles. The summed E-state index contributed by atoms with van der Waals surface area (Å²) in [5.74, 6) is 1.91. The highest BCUT2D eigenvalue weighted by atomic mass is 16.7. The second-order valence-electron chi connectivity index (χ2n) is 18.4. The Kier molecular flexibility index (Phi) is 9.46. The van der Waals surface area contributed by atoms with Gasteiger partial charge in [-0.05, 0) is 110 Å². The molecule has 4 saturated carbocycles. The van der Waals surface area contributed by atoms with Gasteiger partial charge in [-0.1, -0.05) is 46.3 Å². The molecule has 13 unspecified atom stereocenters. The number of allylic oxidation sites excluding steroid dienone is 2. The van der Waals surface area contributed by atoms with Crippen molar-refractivity contribution < 1.29 is 44.2 Å². The fourth-order valence-electron chi connectivity index (χ4n) is 12.5. The molecule has 0 spiro atoms. The van der Waals surface area contributed by atoms with E-state index in [-0.39, 0.29) is 60.0 Å². The Labute approximate surface area is 287 Å². The van der Waals surface area contributed by atoms with Crippen molar-refractivity contribution in [2.45, 2.75) is 161 Å². The van der Waals surface area contributed by atoms with Gasteiger partial charge in [-0.3, -0.25) is 4.79 Å². The van der Waals surface area contributed by atoms with Gasteiger partial charge in [0.25, 0.3) is 0 Å². The predicted octanol–water partition coefficient (Wildman–Crippen LogP) is 5.26. The lowest BCUT2D eigenvalue weighted by atomic mass is 9.38. The van der Waals surface area contributed by atoms with Crippen LogP contribution >= 0.6 is 0 Å². The molecular weight excluding hydrogens is 612 g/mol. The molecule has 0 aromatic carbocycles. The van der Waals surface area contributed by atoms with Crippen molar-refractivity contribution in [3.8, 4) is 0 Å². The van der Waals surface area contributed by atoms with Crippen molar-refractivity contribution >= 4 is 5.97 Å². The summed E-state index contributed by atoms with van der Waals surface area (Å²) in [5.41, 5.74) is 1.43. The van der Waals surface area contributed by atoms with E-state index >= 15 is 0 Å². The summed E-state index contributed by atoms with van der Waals surface area (Å²) in [6.45, 7) is 12.1. The molecule has 9 heteroatoms. The van der Waals surface area contributed by atoms with Gasteiger partial charge in [0.05, 0.1) is 43.0 Å². The van der Waals surface area contributed by atoms with E-state index in [0.717, 1.165) is 57.8 Å². The SMILES string of the molecule is CC1C(OC2CC(O)CC(CO)O2)CC[C@@]2(C)C1CCC1(C)C3CC[C@@]4(C(=O)OC5CC(O)C(O)CO5)CCC(C)(C)CC4C3=CCC12. The largest absolute Gasteiger partial charge is 0.435 e. The molecule has 7 aliphatic rings. The molecule has 0 radical (unpaired) electrons. The molecule has 272 valence electrons. The van der Waals surface area contributed by atoms with E-state index in [1.54, 1.807) is 0 Å². The molecule has 2 saturated heterocycles. The Balaban J connectivity index is 1.11. The maximum atomic E-state index is 14.2. The van der Waals surface area contributed by atoms with E-state index in [9.17, 15) is 25.2 Å². The smallest absolute Gasteiger partial charge is 0.314 e. The second kappa shape index (κ2) is 12.9. The van der Waals surface area contributed by atoms with E-state index in [0.29, 0.717) is 36.5 Å². The quantitative estimate of drug-likeness (QED) is 0.175. The molecule has 6 fully saturated rings. The highest BCUT2D eigenvalue weighted by molar-refractivity contribution is 5.78. The molecule has 15 atom stereocenters. The van der Waals surface area contributed by atoms with Crippen molar-refractivity contribution in [3.05, 3.63) is 11.6 Å². The molecular formula is C39H62O9. The predicted molar refractivity (Wildman–Crippen MR) is 178 cm³/mol. The van der Waals surface area contributed by atoms with Crippen molar-refractivity contribution in [2.75, 3.05) is 13.2 Å². The van der Waals surface area contributed by atoms with Crippen LogP contribution in [-0.4, -0.2) is 82.7 Å². The minimum atomic E-state index is -0.947. The monoisotopic (exact) mass is 674 g/mol. The van der Waals surface area contributed by atoms with Crippen LogP contribution in [0.15, 0.2) is 11.6 Å². The Morgan fingerprint density at radius 2 is 1.67 bits per heavy atom. The van der Waals surface area contributed by atoms with Gasteiger partial charge in [-0.15, -0.1) is 0 Å². The average molecular weight is 675 g/mol. The van der Waals surface area contributed by atoms with Gasteiger partial charge in [0, 0.05) is 19.3 Å². The zero-order chi connectivity index (χ0) is 34.2. The van der Waals surface area contributed by atoms with Gasteiger partial charge in [0.15, 0.2) is 6.29 Å². The maximum absolute atomic E-state index is 14.2. The summed E-state index contributed by atoms with van der Waals surface area (Å²) in [6.07, 6.45) is 9.67. The zero-order valence-electron chi connectivity index (χ0n) is 29.9. The van der Waals surface area contributed by atoms with Crippen LogP contribution in [0, 0.1) is 51.2 Å². The number of carbonyl (C=O) groups excluding carboxylic acids is 1. The van der Waals surface area contributed by atoms with Crippen LogP contribution in [0.5, 0.6) is 0 Å². The van der Waals surface area contributed by atoms with Gasteiger partial charge in [0.1, 0.15) is 6.10 Å². The molecule has 0 aromatic rings. The highest BCUT2D eigenvalue weighted by Gasteiger charge is 2.65. The summed E-state index contributed by atoms with van der Waals surface area (Å²) in [6, 6.07) is 0. The Hall–Kier alpha value is -1.07. The Morgan fingerprint density at radius 1 is 0.896 bits per heavy atom. The van der Waals surface area contributed by atoms with Gasteiger partial charge >= 0.3 is 5.97 Å². The number of fused-ring (bicyclic) bond motifs is 7. The number of ether oxygens (including phenoxy) is 4. The Bertz CT molecular complexity index is 1240. The third kappa shape index (κ3) is 5.93. The number of rotatable bonds is 5. The maximum Gasteiger partial charge on any atom is 0.314 e. The zero-order valence-corrected chi connectivity index (χ0v) is 29.9. The molecule has 9 nitrogen and oxygen atoms in total. The molecule has 0 bridgehead atoms. The van der Waals surface area contributed by atoms with Gasteiger partial charge in [-0.25, -0.2) is 0 Å². The Morgan fingerprint density at radius 3 is 2.42 bits per heavy atom. The van der Waals surface area contributed by atoms with Crippen molar-refractivity contribution in [3.63, 3.8) is 0 Å². The summed E-state index contributed by atoms with van der Waals surface area (Å²) >= 11 is 0. The first-order valence-corrected chi connectivity index (χ1v) is 19.2. The number of aliphatic hydroxyl groups is 4. The van der Waals surface area contributed by atoms with Crippen LogP contribution in [0.25, 0.3) is 0 Å². The van der Waals surface area contributed by atoms with Gasteiger partial charge in [0.2, 0.25) is 6.29 Å². The minimum Gasteiger partial charge on any atom is -0.435 e. The van der Waals surface area contributed by atoms with Crippen LogP contribution in [0.3, 0.4) is 0 Å². The first kappa shape index (κ1) is 35.3. The lowest BCUT2D eigenvalue weighted by molar-refractivity contribution is -0.262. The second-order valence-corrected chi connectivity index (χ2v) is 18.4. The first-order valence-electron chi connectivity index (χ1n) is 19.2. The van der Waals surface area contributed by atoms with E-state index in [2.05, 4.69) is 40.7 Å². The van der Waals surface area contributed by atoms with Crippen LogP contribution < -0.4 is 0 Å². The number of aliphatic hydroxyl groups excluding tert-OH is 4. The van der Waals surface area contributed by atoms with E-state index in [1.807, 2.05) is 0 Å². The fourth-order valence-corrected chi connectivity index (χ4v) is 12.5. The topological polar surface area (TPSA) is 135 Å². The normalized spacial score (nSPS) is 51.7. The molecule has 2 heterocycles. The summed E-state index contributed by atoms with van der Waals surface area (Å²) in [4.78, 5) is 14.2. The fraction of sp³-hybridized carbons (Fsp3) is 0.923. The van der Waals surface area contributed by atoms with Crippen molar-refractivity contribution in [1.82, 2.24) is 0 Å². The highest BCUT2D eigenvalue weighted by Crippen LogP contribution is 2.71. The number of esters is 1. The van der Waals surface area contributed by atoms with Crippen LogP contribution in [-0.2, 0) is 23.7 Å². The van der Waals surface area contributed by atoms with Crippen molar-refractivity contribution in [1.29, 1.82) is 0 Å². The van der Waals surface area contributed by atoms with E-state index < -0.39 is 36.3 Å². The lowest BCUT2D eigenvalue weighted by Gasteiger charge is -2.66. The average Bonchev–Trinajstić information content (AvgIpc) is 3.03. The summed E-state index contributed by atoms with van der Waals surface area (Å²) in [7, 11) is 0.